The zero-order valence-electron chi connectivity index (χ0n) is 10.7. The summed E-state index contributed by atoms with van der Waals surface area (Å²) in [5, 5.41) is 19.6. The second-order valence-electron chi connectivity index (χ2n) is 3.74. The van der Waals surface area contributed by atoms with Gasteiger partial charge in [0, 0.05) is 0 Å². The lowest BCUT2D eigenvalue weighted by atomic mass is 10.3. The molecule has 0 amide bonds. The van der Waals surface area contributed by atoms with Crippen molar-refractivity contribution < 1.29 is 24.3 Å². The van der Waals surface area contributed by atoms with E-state index in [0.717, 1.165) is 12.4 Å². The number of nitro benzene ring substituents is 1. The van der Waals surface area contributed by atoms with Gasteiger partial charge in [0.05, 0.1) is 30.5 Å². The molecule has 1 aromatic heterocycles. The lowest BCUT2D eigenvalue weighted by molar-refractivity contribution is -0.385. The fourth-order valence-corrected chi connectivity index (χ4v) is 1.48. The first-order chi connectivity index (χ1) is 10.0. The summed E-state index contributed by atoms with van der Waals surface area (Å²) in [6.07, 6.45) is 2.13. The van der Waals surface area contributed by atoms with Crippen LogP contribution in [-0.4, -0.2) is 33.1 Å². The van der Waals surface area contributed by atoms with Gasteiger partial charge >= 0.3 is 11.7 Å². The molecule has 1 heterocycles. The largest absolute Gasteiger partial charge is 0.490 e. The normalized spacial score (nSPS) is 9.95. The van der Waals surface area contributed by atoms with E-state index in [1.54, 1.807) is 0 Å². The summed E-state index contributed by atoms with van der Waals surface area (Å²) in [4.78, 5) is 28.3. The Morgan fingerprint density at radius 3 is 2.62 bits per heavy atom. The van der Waals surface area contributed by atoms with E-state index in [9.17, 15) is 14.9 Å². The van der Waals surface area contributed by atoms with Gasteiger partial charge in [-0.3, -0.25) is 10.1 Å². The van der Waals surface area contributed by atoms with Crippen LogP contribution in [0.3, 0.4) is 0 Å². The van der Waals surface area contributed by atoms with Gasteiger partial charge in [0.25, 0.3) is 0 Å². The zero-order chi connectivity index (χ0) is 15.4. The summed E-state index contributed by atoms with van der Waals surface area (Å²) in [6.45, 7) is 0. The number of aromatic nitrogens is 2. The van der Waals surface area contributed by atoms with E-state index in [-0.39, 0.29) is 28.8 Å². The van der Waals surface area contributed by atoms with Crippen molar-refractivity contribution in [1.82, 2.24) is 9.97 Å². The fourth-order valence-electron chi connectivity index (χ4n) is 1.48. The van der Waals surface area contributed by atoms with Crippen LogP contribution in [0.1, 0.15) is 10.5 Å². The number of ether oxygens (including phenoxy) is 2. The van der Waals surface area contributed by atoms with Crippen LogP contribution in [0.25, 0.3) is 0 Å². The van der Waals surface area contributed by atoms with Crippen LogP contribution in [-0.2, 0) is 0 Å². The van der Waals surface area contributed by atoms with Gasteiger partial charge in [0.1, 0.15) is 5.75 Å². The molecule has 0 spiro atoms. The molecule has 9 heteroatoms. The first kappa shape index (κ1) is 14.2. The van der Waals surface area contributed by atoms with Crippen LogP contribution in [0.4, 0.5) is 5.69 Å². The minimum Gasteiger partial charge on any atom is -0.490 e. The van der Waals surface area contributed by atoms with Crippen molar-refractivity contribution in [3.05, 3.63) is 46.4 Å². The van der Waals surface area contributed by atoms with E-state index in [2.05, 4.69) is 9.97 Å². The molecule has 0 atom stereocenters. The number of carboxylic acids is 1. The Bertz CT molecular complexity index is 686. The Morgan fingerprint density at radius 1 is 1.33 bits per heavy atom. The second kappa shape index (κ2) is 5.82. The van der Waals surface area contributed by atoms with Crippen molar-refractivity contribution in [2.75, 3.05) is 7.11 Å². The molecule has 0 aliphatic rings. The zero-order valence-corrected chi connectivity index (χ0v) is 10.7. The summed E-state index contributed by atoms with van der Waals surface area (Å²) >= 11 is 0. The van der Waals surface area contributed by atoms with Crippen LogP contribution in [0.5, 0.6) is 17.4 Å². The molecule has 1 aromatic carbocycles. The number of benzene rings is 1. The average Bonchev–Trinajstić information content (AvgIpc) is 2.47. The number of carboxylic acid groups (broad SMARTS) is 1. The Kier molecular flexibility index (Phi) is 3.93. The van der Waals surface area contributed by atoms with Gasteiger partial charge in [-0.05, 0) is 12.1 Å². The molecule has 2 rings (SSSR count). The molecule has 0 aliphatic carbocycles. The van der Waals surface area contributed by atoms with E-state index in [1.807, 2.05) is 0 Å². The van der Waals surface area contributed by atoms with E-state index in [4.69, 9.17) is 14.6 Å². The number of carbonyl (C=O) groups is 1. The Labute approximate surface area is 117 Å². The molecule has 2 aromatic rings. The van der Waals surface area contributed by atoms with Gasteiger partial charge in [-0.1, -0.05) is 0 Å². The second-order valence-corrected chi connectivity index (χ2v) is 3.74. The highest BCUT2D eigenvalue weighted by molar-refractivity contribution is 5.84. The Morgan fingerprint density at radius 2 is 2.10 bits per heavy atom. The number of rotatable bonds is 5. The van der Waals surface area contributed by atoms with Crippen molar-refractivity contribution in [3.8, 4) is 17.4 Å². The van der Waals surface area contributed by atoms with Crippen LogP contribution in [0.2, 0.25) is 0 Å². The average molecular weight is 291 g/mol. The molecule has 0 bridgehead atoms. The van der Waals surface area contributed by atoms with E-state index in [0.29, 0.717) is 0 Å². The highest BCUT2D eigenvalue weighted by atomic mass is 16.6. The number of hydrogen-bond acceptors (Lipinski definition) is 7. The molecule has 0 fully saturated rings. The van der Waals surface area contributed by atoms with Gasteiger partial charge < -0.3 is 14.6 Å². The van der Waals surface area contributed by atoms with Crippen molar-refractivity contribution in [2.45, 2.75) is 0 Å². The monoisotopic (exact) mass is 291 g/mol. The summed E-state index contributed by atoms with van der Waals surface area (Å²) < 4.78 is 10.1. The molecule has 0 unspecified atom stereocenters. The van der Waals surface area contributed by atoms with Crippen molar-refractivity contribution in [2.24, 2.45) is 0 Å². The first-order valence-electron chi connectivity index (χ1n) is 5.57. The minimum absolute atomic E-state index is 0.0134. The molecule has 1 N–H and O–H groups in total. The highest BCUT2D eigenvalue weighted by Crippen LogP contribution is 2.32. The third kappa shape index (κ3) is 3.21. The Balaban J connectivity index is 2.25. The molecule has 108 valence electrons. The number of aromatic carboxylic acids is 1. The molecular weight excluding hydrogens is 282 g/mol. The third-order valence-corrected chi connectivity index (χ3v) is 2.42. The quantitative estimate of drug-likeness (QED) is 0.653. The molecule has 0 aliphatic heterocycles. The maximum Gasteiger partial charge on any atom is 0.356 e. The van der Waals surface area contributed by atoms with Crippen molar-refractivity contribution in [1.29, 1.82) is 0 Å². The predicted molar refractivity (Wildman–Crippen MR) is 68.7 cm³/mol. The van der Waals surface area contributed by atoms with E-state index < -0.39 is 10.9 Å². The van der Waals surface area contributed by atoms with Gasteiger partial charge in [-0.15, -0.1) is 0 Å². The fraction of sp³-hybridized carbons (Fsp3) is 0.0833. The first-order valence-corrected chi connectivity index (χ1v) is 5.57. The third-order valence-electron chi connectivity index (χ3n) is 2.42. The van der Waals surface area contributed by atoms with Gasteiger partial charge in [-0.25, -0.2) is 14.8 Å². The number of methoxy groups -OCH3 is 1. The van der Waals surface area contributed by atoms with Crippen LogP contribution in [0, 0.1) is 10.1 Å². The Hall–Kier alpha value is -3.23. The van der Waals surface area contributed by atoms with Crippen LogP contribution >= 0.6 is 0 Å². The van der Waals surface area contributed by atoms with E-state index >= 15 is 0 Å². The lowest BCUT2D eigenvalue weighted by Gasteiger charge is -2.06. The smallest absolute Gasteiger partial charge is 0.356 e. The van der Waals surface area contributed by atoms with Crippen LogP contribution in [0.15, 0.2) is 30.6 Å². The van der Waals surface area contributed by atoms with Crippen molar-refractivity contribution >= 4 is 11.7 Å². The van der Waals surface area contributed by atoms with Gasteiger partial charge in [-0.2, -0.15) is 0 Å². The maximum atomic E-state index is 10.9. The molecular formula is C12H9N3O6. The van der Waals surface area contributed by atoms with E-state index in [1.165, 1.54) is 25.3 Å². The molecule has 0 saturated carbocycles. The SMILES string of the molecule is COc1ccc(Oc2cnc(C(=O)O)cn2)cc1[N+](=O)[O-]. The summed E-state index contributed by atoms with van der Waals surface area (Å²) in [5.74, 6) is -0.951. The minimum atomic E-state index is -1.21. The topological polar surface area (TPSA) is 125 Å². The number of nitro groups is 1. The van der Waals surface area contributed by atoms with Crippen molar-refractivity contribution in [3.63, 3.8) is 0 Å². The summed E-state index contributed by atoms with van der Waals surface area (Å²) in [7, 11) is 1.32. The van der Waals surface area contributed by atoms with Crippen LogP contribution < -0.4 is 9.47 Å². The summed E-state index contributed by atoms with van der Waals surface area (Å²) in [5.41, 5.74) is -0.492. The lowest BCUT2D eigenvalue weighted by Crippen LogP contribution is -2.01. The summed E-state index contributed by atoms with van der Waals surface area (Å²) in [6, 6.07) is 4.01. The predicted octanol–water partition coefficient (Wildman–Crippen LogP) is 1.88. The standard InChI is InChI=1S/C12H9N3O6/c1-20-10-3-2-7(4-9(10)15(18)19)21-11-6-13-8(5-14-11)12(16)17/h2-6H,1H3,(H,16,17). The maximum absolute atomic E-state index is 10.9. The molecule has 0 saturated heterocycles. The van der Waals surface area contributed by atoms with Gasteiger partial charge in [0.15, 0.2) is 11.4 Å². The number of hydrogen-bond donors (Lipinski definition) is 1. The number of nitrogens with zero attached hydrogens (tertiary/aromatic N) is 3. The molecule has 21 heavy (non-hydrogen) atoms. The molecule has 0 radical (unpaired) electrons. The highest BCUT2D eigenvalue weighted by Gasteiger charge is 2.16. The molecule has 9 nitrogen and oxygen atoms in total. The van der Waals surface area contributed by atoms with Gasteiger partial charge in [0.2, 0.25) is 5.88 Å².